The highest BCUT2D eigenvalue weighted by Gasteiger charge is 2.20. The Kier molecular flexibility index (Phi) is 4.59. The monoisotopic (exact) mass is 242 g/mol. The van der Waals surface area contributed by atoms with Crippen molar-refractivity contribution in [2.75, 3.05) is 27.4 Å². The van der Waals surface area contributed by atoms with Crippen molar-refractivity contribution in [1.29, 1.82) is 0 Å². The van der Waals surface area contributed by atoms with Gasteiger partial charge in [0.2, 0.25) is 5.75 Å². The summed E-state index contributed by atoms with van der Waals surface area (Å²) < 4.78 is 15.3. The van der Waals surface area contributed by atoms with Gasteiger partial charge in [-0.2, -0.15) is 0 Å². The molecule has 0 unspecified atom stereocenters. The summed E-state index contributed by atoms with van der Waals surface area (Å²) in [4.78, 5) is 11.0. The maximum absolute atomic E-state index is 11.0. The Labute approximate surface area is 98.3 Å². The van der Waals surface area contributed by atoms with E-state index in [0.717, 1.165) is 0 Å². The summed E-state index contributed by atoms with van der Waals surface area (Å²) >= 11 is 0. The number of carboxylic acid groups (broad SMARTS) is 1. The molecule has 1 aromatic carbocycles. The van der Waals surface area contributed by atoms with E-state index in [1.165, 1.54) is 26.4 Å². The lowest BCUT2D eigenvalue weighted by atomic mass is 10.1. The van der Waals surface area contributed by atoms with Crippen LogP contribution in [0.1, 0.15) is 10.4 Å². The lowest BCUT2D eigenvalue weighted by Crippen LogP contribution is -2.07. The lowest BCUT2D eigenvalue weighted by molar-refractivity contribution is 0.0692. The van der Waals surface area contributed by atoms with Crippen LogP contribution in [-0.2, 0) is 0 Å². The first-order valence-electron chi connectivity index (χ1n) is 4.87. The zero-order valence-electron chi connectivity index (χ0n) is 9.60. The maximum atomic E-state index is 11.0. The second-order valence-corrected chi connectivity index (χ2v) is 3.05. The molecule has 0 bridgehead atoms. The van der Waals surface area contributed by atoms with Crippen molar-refractivity contribution in [3.05, 3.63) is 17.7 Å². The fraction of sp³-hybridized carbons (Fsp3) is 0.364. The molecule has 0 amide bonds. The van der Waals surface area contributed by atoms with E-state index in [4.69, 9.17) is 24.4 Å². The molecule has 6 heteroatoms. The van der Waals surface area contributed by atoms with Gasteiger partial charge in [0.05, 0.1) is 20.8 Å². The molecule has 0 aliphatic heterocycles. The molecule has 0 spiro atoms. The topological polar surface area (TPSA) is 85.2 Å². The Hall–Kier alpha value is -1.95. The SMILES string of the molecule is COc1c(OCCO)ccc(C(=O)O)c1OC. The van der Waals surface area contributed by atoms with Gasteiger partial charge in [-0.25, -0.2) is 4.79 Å². The Morgan fingerprint density at radius 1 is 1.24 bits per heavy atom. The van der Waals surface area contributed by atoms with Crippen LogP contribution in [0, 0.1) is 0 Å². The number of methoxy groups -OCH3 is 2. The number of benzene rings is 1. The number of ether oxygens (including phenoxy) is 3. The summed E-state index contributed by atoms with van der Waals surface area (Å²) in [6.07, 6.45) is 0. The van der Waals surface area contributed by atoms with Crippen molar-refractivity contribution >= 4 is 5.97 Å². The molecular formula is C11H14O6. The predicted octanol–water partition coefficient (Wildman–Crippen LogP) is 0.773. The van der Waals surface area contributed by atoms with E-state index in [1.807, 2.05) is 0 Å². The molecule has 0 saturated heterocycles. The van der Waals surface area contributed by atoms with E-state index in [9.17, 15) is 4.79 Å². The highest BCUT2D eigenvalue weighted by atomic mass is 16.5. The molecule has 2 N–H and O–H groups in total. The molecule has 0 fully saturated rings. The fourth-order valence-electron chi connectivity index (χ4n) is 1.38. The zero-order valence-corrected chi connectivity index (χ0v) is 9.60. The number of hydrogen-bond acceptors (Lipinski definition) is 5. The van der Waals surface area contributed by atoms with Crippen molar-refractivity contribution < 1.29 is 29.2 Å². The van der Waals surface area contributed by atoms with E-state index in [0.29, 0.717) is 5.75 Å². The second kappa shape index (κ2) is 5.95. The number of carboxylic acids is 1. The minimum atomic E-state index is -1.12. The second-order valence-electron chi connectivity index (χ2n) is 3.05. The number of aliphatic hydroxyl groups is 1. The summed E-state index contributed by atoms with van der Waals surface area (Å²) in [5.74, 6) is -0.506. The van der Waals surface area contributed by atoms with Gasteiger partial charge in [-0.3, -0.25) is 0 Å². The lowest BCUT2D eigenvalue weighted by Gasteiger charge is -2.14. The van der Waals surface area contributed by atoms with Crippen LogP contribution in [-0.4, -0.2) is 43.6 Å². The van der Waals surface area contributed by atoms with E-state index >= 15 is 0 Å². The van der Waals surface area contributed by atoms with Gasteiger partial charge in [0.25, 0.3) is 0 Å². The van der Waals surface area contributed by atoms with Gasteiger partial charge < -0.3 is 24.4 Å². The van der Waals surface area contributed by atoms with Crippen molar-refractivity contribution in [3.8, 4) is 17.2 Å². The van der Waals surface area contributed by atoms with Crippen LogP contribution in [0.4, 0.5) is 0 Å². The van der Waals surface area contributed by atoms with Gasteiger partial charge >= 0.3 is 5.97 Å². The van der Waals surface area contributed by atoms with E-state index in [2.05, 4.69) is 0 Å². The highest BCUT2D eigenvalue weighted by molar-refractivity contribution is 5.92. The standard InChI is InChI=1S/C11H14O6/c1-15-9-7(11(13)14)3-4-8(10(9)16-2)17-6-5-12/h3-4,12H,5-6H2,1-2H3,(H,13,14). The van der Waals surface area contributed by atoms with Gasteiger partial charge in [0, 0.05) is 0 Å². The molecule has 0 saturated carbocycles. The number of aromatic carboxylic acids is 1. The Bertz CT molecular complexity index is 401. The van der Waals surface area contributed by atoms with Gasteiger partial charge in [0.1, 0.15) is 12.2 Å². The highest BCUT2D eigenvalue weighted by Crippen LogP contribution is 2.39. The van der Waals surface area contributed by atoms with Crippen LogP contribution in [0.15, 0.2) is 12.1 Å². The summed E-state index contributed by atoms with van der Waals surface area (Å²) in [6, 6.07) is 2.82. The molecule has 94 valence electrons. The zero-order chi connectivity index (χ0) is 12.8. The first-order chi connectivity index (χ1) is 8.15. The minimum absolute atomic E-state index is 0.0132. The van der Waals surface area contributed by atoms with Gasteiger partial charge in [-0.05, 0) is 12.1 Å². The van der Waals surface area contributed by atoms with Crippen LogP contribution >= 0.6 is 0 Å². The number of carbonyl (C=O) groups is 1. The normalized spacial score (nSPS) is 9.82. The van der Waals surface area contributed by atoms with Gasteiger partial charge in [0.15, 0.2) is 11.5 Å². The maximum Gasteiger partial charge on any atom is 0.339 e. The molecule has 1 aromatic rings. The molecule has 0 heterocycles. The van der Waals surface area contributed by atoms with Crippen molar-refractivity contribution in [1.82, 2.24) is 0 Å². The van der Waals surface area contributed by atoms with Crippen LogP contribution < -0.4 is 14.2 Å². The van der Waals surface area contributed by atoms with Crippen molar-refractivity contribution in [2.45, 2.75) is 0 Å². The van der Waals surface area contributed by atoms with Crippen LogP contribution in [0.3, 0.4) is 0 Å². The van der Waals surface area contributed by atoms with E-state index < -0.39 is 5.97 Å². The molecule has 0 atom stereocenters. The smallest absolute Gasteiger partial charge is 0.339 e. The average molecular weight is 242 g/mol. The molecule has 0 aliphatic rings. The van der Waals surface area contributed by atoms with E-state index in [1.54, 1.807) is 0 Å². The van der Waals surface area contributed by atoms with Crippen molar-refractivity contribution in [3.63, 3.8) is 0 Å². The third-order valence-electron chi connectivity index (χ3n) is 2.06. The third-order valence-corrected chi connectivity index (χ3v) is 2.06. The largest absolute Gasteiger partial charge is 0.492 e. The summed E-state index contributed by atoms with van der Waals surface area (Å²) in [6.45, 7) is -0.0575. The summed E-state index contributed by atoms with van der Waals surface area (Å²) in [5.41, 5.74) is -0.0132. The Morgan fingerprint density at radius 2 is 1.88 bits per heavy atom. The van der Waals surface area contributed by atoms with Crippen LogP contribution in [0.25, 0.3) is 0 Å². The minimum Gasteiger partial charge on any atom is -0.492 e. The van der Waals surface area contributed by atoms with Gasteiger partial charge in [-0.15, -0.1) is 0 Å². The Balaban J connectivity index is 3.22. The summed E-state index contributed by atoms with van der Waals surface area (Å²) in [7, 11) is 2.73. The van der Waals surface area contributed by atoms with Crippen LogP contribution in [0.2, 0.25) is 0 Å². The van der Waals surface area contributed by atoms with Crippen molar-refractivity contribution in [2.24, 2.45) is 0 Å². The first-order valence-corrected chi connectivity index (χ1v) is 4.87. The predicted molar refractivity (Wildman–Crippen MR) is 59.1 cm³/mol. The third kappa shape index (κ3) is 2.79. The summed E-state index contributed by atoms with van der Waals surface area (Å²) in [5, 5.41) is 17.6. The quantitative estimate of drug-likeness (QED) is 0.766. The first kappa shape index (κ1) is 13.1. The molecule has 0 aromatic heterocycles. The number of rotatable bonds is 6. The molecule has 6 nitrogen and oxygen atoms in total. The molecular weight excluding hydrogens is 228 g/mol. The van der Waals surface area contributed by atoms with Gasteiger partial charge in [-0.1, -0.05) is 0 Å². The Morgan fingerprint density at radius 3 is 2.35 bits per heavy atom. The number of aliphatic hydroxyl groups excluding tert-OH is 1. The molecule has 17 heavy (non-hydrogen) atoms. The average Bonchev–Trinajstić information content (AvgIpc) is 2.34. The molecule has 0 radical (unpaired) electrons. The fourth-order valence-corrected chi connectivity index (χ4v) is 1.38. The number of hydrogen-bond donors (Lipinski definition) is 2. The molecule has 0 aliphatic carbocycles. The van der Waals surface area contributed by atoms with E-state index in [-0.39, 0.29) is 30.3 Å². The molecule has 1 rings (SSSR count). The van der Waals surface area contributed by atoms with Crippen LogP contribution in [0.5, 0.6) is 17.2 Å².